The fraction of sp³-hybridized carbons (Fsp3) is 0.278. The summed E-state index contributed by atoms with van der Waals surface area (Å²) < 4.78 is 38.1. The molecule has 0 fully saturated rings. The number of benzene rings is 1. The molecule has 0 atom stereocenters. The third-order valence-corrected chi connectivity index (χ3v) is 3.61. The number of hydrogen-bond acceptors (Lipinski definition) is 3. The highest BCUT2D eigenvalue weighted by molar-refractivity contribution is 5.91. The SMILES string of the molecule is CC(=O)N(CCC(=O)Nc1cccc(C(F)(F)F)c1)Cc1ccccn1. The van der Waals surface area contributed by atoms with Crippen LogP contribution >= 0.6 is 0 Å². The lowest BCUT2D eigenvalue weighted by Crippen LogP contribution is -2.31. The van der Waals surface area contributed by atoms with Crippen LogP contribution in [0.15, 0.2) is 48.7 Å². The van der Waals surface area contributed by atoms with E-state index in [4.69, 9.17) is 0 Å². The summed E-state index contributed by atoms with van der Waals surface area (Å²) in [4.78, 5) is 29.3. The van der Waals surface area contributed by atoms with Crippen LogP contribution < -0.4 is 5.32 Å². The first-order chi connectivity index (χ1) is 12.3. The molecule has 1 aromatic heterocycles. The molecule has 0 saturated carbocycles. The van der Waals surface area contributed by atoms with Gasteiger partial charge in [-0.1, -0.05) is 12.1 Å². The monoisotopic (exact) mass is 365 g/mol. The van der Waals surface area contributed by atoms with Crippen LogP contribution in [0, 0.1) is 0 Å². The van der Waals surface area contributed by atoms with Crippen LogP contribution in [0.1, 0.15) is 24.6 Å². The second kappa shape index (κ2) is 8.46. The Hall–Kier alpha value is -2.90. The Morgan fingerprint density at radius 1 is 1.15 bits per heavy atom. The fourth-order valence-electron chi connectivity index (χ4n) is 2.27. The number of hydrogen-bond donors (Lipinski definition) is 1. The molecule has 26 heavy (non-hydrogen) atoms. The van der Waals surface area contributed by atoms with Crippen LogP contribution in [0.5, 0.6) is 0 Å². The largest absolute Gasteiger partial charge is 0.416 e. The molecule has 138 valence electrons. The van der Waals surface area contributed by atoms with E-state index in [1.165, 1.54) is 24.0 Å². The molecular formula is C18H18F3N3O2. The van der Waals surface area contributed by atoms with E-state index in [0.717, 1.165) is 12.1 Å². The molecule has 0 aliphatic heterocycles. The smallest absolute Gasteiger partial charge is 0.337 e. The maximum atomic E-state index is 12.7. The van der Waals surface area contributed by atoms with Gasteiger partial charge in [-0.25, -0.2) is 0 Å². The Kier molecular flexibility index (Phi) is 6.32. The van der Waals surface area contributed by atoms with Gasteiger partial charge in [0.1, 0.15) is 0 Å². The number of carbonyl (C=O) groups is 2. The van der Waals surface area contributed by atoms with Crippen molar-refractivity contribution in [3.63, 3.8) is 0 Å². The van der Waals surface area contributed by atoms with Gasteiger partial charge in [0, 0.05) is 31.8 Å². The number of amides is 2. The van der Waals surface area contributed by atoms with Crippen LogP contribution in [-0.4, -0.2) is 28.2 Å². The lowest BCUT2D eigenvalue weighted by Gasteiger charge is -2.20. The quantitative estimate of drug-likeness (QED) is 0.853. The number of nitrogens with zero attached hydrogens (tertiary/aromatic N) is 2. The summed E-state index contributed by atoms with van der Waals surface area (Å²) in [6.07, 6.45) is -2.91. The molecule has 1 N–H and O–H groups in total. The molecule has 0 aliphatic carbocycles. The number of anilines is 1. The summed E-state index contributed by atoms with van der Waals surface area (Å²) in [7, 11) is 0. The molecule has 2 aromatic rings. The van der Waals surface area contributed by atoms with Crippen molar-refractivity contribution in [3.8, 4) is 0 Å². The minimum Gasteiger partial charge on any atom is -0.337 e. The molecule has 0 spiro atoms. The first-order valence-corrected chi connectivity index (χ1v) is 7.88. The molecule has 2 amide bonds. The maximum Gasteiger partial charge on any atom is 0.416 e. The second-order valence-electron chi connectivity index (χ2n) is 5.64. The van der Waals surface area contributed by atoms with E-state index in [9.17, 15) is 22.8 Å². The van der Waals surface area contributed by atoms with Crippen molar-refractivity contribution in [1.29, 1.82) is 0 Å². The minimum absolute atomic E-state index is 0.0390. The summed E-state index contributed by atoms with van der Waals surface area (Å²) in [5.74, 6) is -0.695. The summed E-state index contributed by atoms with van der Waals surface area (Å²) >= 11 is 0. The minimum atomic E-state index is -4.48. The van der Waals surface area contributed by atoms with Crippen molar-refractivity contribution < 1.29 is 22.8 Å². The molecule has 0 aliphatic rings. The van der Waals surface area contributed by atoms with Crippen molar-refractivity contribution in [2.75, 3.05) is 11.9 Å². The van der Waals surface area contributed by atoms with E-state index >= 15 is 0 Å². The van der Waals surface area contributed by atoms with Crippen molar-refractivity contribution in [2.45, 2.75) is 26.1 Å². The Bertz CT molecular complexity index is 764. The molecule has 1 aromatic carbocycles. The molecule has 2 rings (SSSR count). The van der Waals surface area contributed by atoms with Gasteiger partial charge in [0.05, 0.1) is 17.8 Å². The Labute approximate surface area is 148 Å². The number of aromatic nitrogens is 1. The predicted octanol–water partition coefficient (Wildman–Crippen LogP) is 3.48. The third-order valence-electron chi connectivity index (χ3n) is 3.61. The number of rotatable bonds is 6. The molecule has 5 nitrogen and oxygen atoms in total. The first-order valence-electron chi connectivity index (χ1n) is 7.88. The van der Waals surface area contributed by atoms with Crippen molar-refractivity contribution in [3.05, 3.63) is 59.9 Å². The normalized spacial score (nSPS) is 11.1. The van der Waals surface area contributed by atoms with Crippen LogP contribution in [0.2, 0.25) is 0 Å². The molecule has 1 heterocycles. The maximum absolute atomic E-state index is 12.7. The van der Waals surface area contributed by atoms with Crippen LogP contribution in [0.4, 0.5) is 18.9 Å². The number of nitrogens with one attached hydrogen (secondary N) is 1. The van der Waals surface area contributed by atoms with Crippen molar-refractivity contribution in [2.24, 2.45) is 0 Å². The van der Waals surface area contributed by atoms with E-state index in [1.807, 2.05) is 0 Å². The van der Waals surface area contributed by atoms with E-state index in [-0.39, 0.29) is 31.1 Å². The van der Waals surface area contributed by atoms with Gasteiger partial charge in [0.2, 0.25) is 11.8 Å². The van der Waals surface area contributed by atoms with E-state index < -0.39 is 17.6 Å². The van der Waals surface area contributed by atoms with Gasteiger partial charge in [-0.3, -0.25) is 14.6 Å². The average molecular weight is 365 g/mol. The zero-order chi connectivity index (χ0) is 19.2. The fourth-order valence-corrected chi connectivity index (χ4v) is 2.27. The molecule has 0 radical (unpaired) electrons. The van der Waals surface area contributed by atoms with Gasteiger partial charge in [-0.2, -0.15) is 13.2 Å². The Morgan fingerprint density at radius 2 is 1.92 bits per heavy atom. The third kappa shape index (κ3) is 5.87. The molecule has 0 bridgehead atoms. The number of carbonyl (C=O) groups excluding carboxylic acids is 2. The highest BCUT2D eigenvalue weighted by atomic mass is 19.4. The molecule has 0 unspecified atom stereocenters. The van der Waals surface area contributed by atoms with Gasteiger partial charge in [-0.05, 0) is 30.3 Å². The Balaban J connectivity index is 1.93. The summed E-state index contributed by atoms with van der Waals surface area (Å²) in [6.45, 7) is 1.78. The lowest BCUT2D eigenvalue weighted by molar-refractivity contribution is -0.137. The van der Waals surface area contributed by atoms with E-state index in [2.05, 4.69) is 10.3 Å². The van der Waals surface area contributed by atoms with Gasteiger partial charge >= 0.3 is 6.18 Å². The van der Waals surface area contributed by atoms with Gasteiger partial charge < -0.3 is 10.2 Å². The summed E-state index contributed by atoms with van der Waals surface area (Å²) in [6, 6.07) is 9.71. The number of alkyl halides is 3. The highest BCUT2D eigenvalue weighted by Gasteiger charge is 2.30. The molecule has 0 saturated heterocycles. The number of halogens is 3. The van der Waals surface area contributed by atoms with Crippen molar-refractivity contribution >= 4 is 17.5 Å². The summed E-state index contributed by atoms with van der Waals surface area (Å²) in [5, 5.41) is 2.42. The number of pyridine rings is 1. The zero-order valence-corrected chi connectivity index (χ0v) is 14.1. The van der Waals surface area contributed by atoms with Crippen LogP contribution in [0.3, 0.4) is 0 Å². The van der Waals surface area contributed by atoms with Gasteiger partial charge in [0.15, 0.2) is 0 Å². The van der Waals surface area contributed by atoms with E-state index in [0.29, 0.717) is 5.69 Å². The van der Waals surface area contributed by atoms with E-state index in [1.54, 1.807) is 24.4 Å². The highest BCUT2D eigenvalue weighted by Crippen LogP contribution is 2.30. The topological polar surface area (TPSA) is 62.3 Å². The van der Waals surface area contributed by atoms with Crippen molar-refractivity contribution in [1.82, 2.24) is 9.88 Å². The Morgan fingerprint density at radius 3 is 2.54 bits per heavy atom. The standard InChI is InChI=1S/C18H18F3N3O2/c1-13(25)24(12-16-6-2-3-9-22-16)10-8-17(26)23-15-7-4-5-14(11-15)18(19,20)21/h2-7,9,11H,8,10,12H2,1H3,(H,23,26). The second-order valence-corrected chi connectivity index (χ2v) is 5.64. The average Bonchev–Trinajstić information content (AvgIpc) is 2.58. The lowest BCUT2D eigenvalue weighted by atomic mass is 10.2. The molecular weight excluding hydrogens is 347 g/mol. The van der Waals surface area contributed by atoms with Gasteiger partial charge in [-0.15, -0.1) is 0 Å². The van der Waals surface area contributed by atoms with Gasteiger partial charge in [0.25, 0.3) is 0 Å². The predicted molar refractivity (Wildman–Crippen MR) is 90.0 cm³/mol. The first kappa shape index (κ1) is 19.4. The zero-order valence-electron chi connectivity index (χ0n) is 14.1. The van der Waals surface area contributed by atoms with Crippen LogP contribution in [0.25, 0.3) is 0 Å². The summed E-state index contributed by atoms with van der Waals surface area (Å²) in [5.41, 5.74) is -0.0965. The van der Waals surface area contributed by atoms with Crippen LogP contribution in [-0.2, 0) is 22.3 Å². The molecule has 8 heteroatoms.